The van der Waals surface area contributed by atoms with Gasteiger partial charge < -0.3 is 24.6 Å². The minimum absolute atomic E-state index is 0.0200. The Labute approximate surface area is 340 Å². The molecule has 2 heterocycles. The summed E-state index contributed by atoms with van der Waals surface area (Å²) >= 11 is 1.35. The molecule has 0 unspecified atom stereocenters. The van der Waals surface area contributed by atoms with Gasteiger partial charge in [-0.15, -0.1) is 11.3 Å². The van der Waals surface area contributed by atoms with E-state index in [2.05, 4.69) is 5.32 Å². The molecule has 2 aliphatic rings. The molecule has 5 rings (SSSR count). The fourth-order valence-electron chi connectivity index (χ4n) is 7.09. The first-order chi connectivity index (χ1) is 27.1. The zero-order valence-electron chi connectivity index (χ0n) is 33.7. The van der Waals surface area contributed by atoms with E-state index in [9.17, 15) is 27.6 Å². The molecule has 13 nitrogen and oxygen atoms in total. The van der Waals surface area contributed by atoms with Gasteiger partial charge in [0.15, 0.2) is 0 Å². The van der Waals surface area contributed by atoms with Gasteiger partial charge in [0.1, 0.15) is 34.6 Å². The zero-order chi connectivity index (χ0) is 41.2. The van der Waals surface area contributed by atoms with Gasteiger partial charge in [-0.3, -0.25) is 18.6 Å². The first-order valence-corrected chi connectivity index (χ1v) is 22.1. The number of aryl methyl sites for hydroxylation is 1. The van der Waals surface area contributed by atoms with E-state index in [0.717, 1.165) is 44.1 Å². The Morgan fingerprint density at radius 1 is 0.965 bits per heavy atom. The number of unbranched alkanes of at least 4 members (excludes halogenated alkanes) is 2. The Bertz CT molecular complexity index is 1950. The van der Waals surface area contributed by atoms with Crippen LogP contribution in [0.15, 0.2) is 58.8 Å². The van der Waals surface area contributed by atoms with Crippen molar-refractivity contribution in [2.75, 3.05) is 33.4 Å². The number of amides is 3. The molecule has 310 valence electrons. The second-order valence-corrected chi connectivity index (χ2v) is 18.4. The monoisotopic (exact) mass is 824 g/mol. The van der Waals surface area contributed by atoms with Gasteiger partial charge in [-0.25, -0.2) is 9.78 Å². The quantitative estimate of drug-likeness (QED) is 0.0835. The van der Waals surface area contributed by atoms with Crippen LogP contribution < -0.4 is 10.1 Å². The number of ketones is 1. The minimum Gasteiger partial charge on any atom is -0.494 e. The number of benzene rings is 2. The number of rotatable bonds is 17. The summed E-state index contributed by atoms with van der Waals surface area (Å²) in [6.07, 6.45) is 7.47. The second kappa shape index (κ2) is 19.9. The van der Waals surface area contributed by atoms with Crippen LogP contribution >= 0.6 is 11.3 Å². The Balaban J connectivity index is 1.14. The van der Waals surface area contributed by atoms with Crippen molar-refractivity contribution in [3.05, 3.63) is 75.7 Å². The number of carbonyl (C=O) groups is 4. The molecule has 2 aromatic carbocycles. The Hall–Kier alpha value is -4.34. The Kier molecular flexibility index (Phi) is 15.3. The topological polar surface area (TPSA) is 162 Å². The molecule has 2 fully saturated rings. The van der Waals surface area contributed by atoms with Gasteiger partial charge >= 0.3 is 6.09 Å². The van der Waals surface area contributed by atoms with Gasteiger partial charge in [-0.2, -0.15) is 8.42 Å². The smallest absolute Gasteiger partial charge is 0.410 e. The molecule has 3 aromatic rings. The highest BCUT2D eigenvalue weighted by Gasteiger charge is 2.40. The maximum Gasteiger partial charge on any atom is 0.410 e. The van der Waals surface area contributed by atoms with Crippen molar-refractivity contribution in [3.63, 3.8) is 0 Å². The molecular weight excluding hydrogens is 769 g/mol. The predicted molar refractivity (Wildman–Crippen MR) is 217 cm³/mol. The lowest BCUT2D eigenvalue weighted by molar-refractivity contribution is -0.139. The summed E-state index contributed by atoms with van der Waals surface area (Å²) in [5.41, 5.74) is 0.976. The fraction of sp³-hybridized carbons (Fsp3) is 0.548. The summed E-state index contributed by atoms with van der Waals surface area (Å²) in [6, 6.07) is 12.4. The third-order valence-corrected chi connectivity index (χ3v) is 12.3. The molecule has 0 spiro atoms. The van der Waals surface area contributed by atoms with E-state index in [1.165, 1.54) is 35.4 Å². The summed E-state index contributed by atoms with van der Waals surface area (Å²) in [4.78, 5) is 61.6. The number of carbonyl (C=O) groups excluding carboxylic acids is 4. The van der Waals surface area contributed by atoms with E-state index in [4.69, 9.17) is 18.6 Å². The summed E-state index contributed by atoms with van der Waals surface area (Å²) in [5, 5.41) is 5.38. The Morgan fingerprint density at radius 2 is 1.68 bits per heavy atom. The van der Waals surface area contributed by atoms with Crippen molar-refractivity contribution >= 4 is 45.1 Å². The summed E-state index contributed by atoms with van der Waals surface area (Å²) in [6.45, 7) is 7.91. The molecule has 0 radical (unpaired) electrons. The van der Waals surface area contributed by atoms with Crippen LogP contribution in [0.2, 0.25) is 0 Å². The lowest BCUT2D eigenvalue weighted by Gasteiger charge is -2.35. The first-order valence-electron chi connectivity index (χ1n) is 19.8. The lowest BCUT2D eigenvalue weighted by Crippen LogP contribution is -2.54. The van der Waals surface area contributed by atoms with Crippen molar-refractivity contribution in [1.82, 2.24) is 20.1 Å². The third kappa shape index (κ3) is 12.6. The molecule has 1 N–H and O–H groups in total. The molecule has 0 bridgehead atoms. The third-order valence-electron chi connectivity index (χ3n) is 10.1. The highest BCUT2D eigenvalue weighted by atomic mass is 32.2. The van der Waals surface area contributed by atoms with Gasteiger partial charge in [0.2, 0.25) is 17.6 Å². The standard InChI is InChI=1S/C42H56N4O9S2/c1-29-19-21-33(22-20-29)57(51,52)54-25-11-7-10-24-53-32-17-12-16-31(26-32)38(48)34-28-56-39(43-34)35-18-13-23-46(35)40(49)37(30-14-8-6-9-15-30)44-36(47)27-45(5)41(50)55-42(2,3)4/h12,16-17,19-22,26,28,30,35,37H,6-11,13-15,18,23-25,27H2,1-5H3,(H,44,47)/t35-,37-/m0/s1. The summed E-state index contributed by atoms with van der Waals surface area (Å²) < 4.78 is 41.2. The van der Waals surface area contributed by atoms with E-state index >= 15 is 0 Å². The number of hydrogen-bond donors (Lipinski definition) is 1. The van der Waals surface area contributed by atoms with Crippen LogP contribution in [-0.4, -0.2) is 91.9 Å². The van der Waals surface area contributed by atoms with E-state index in [1.54, 1.807) is 67.4 Å². The van der Waals surface area contributed by atoms with E-state index in [0.29, 0.717) is 55.2 Å². The van der Waals surface area contributed by atoms with Crippen molar-refractivity contribution in [2.24, 2.45) is 5.92 Å². The SMILES string of the molecule is Cc1ccc(S(=O)(=O)OCCCCCOc2cccc(C(=O)c3csc([C@@H]4CCCN4C(=O)[C@@H](NC(=O)CN(C)C(=O)OC(C)(C)C)C4CCCCC4)n3)c2)cc1. The van der Waals surface area contributed by atoms with E-state index < -0.39 is 33.8 Å². The molecule has 1 aromatic heterocycles. The maximum absolute atomic E-state index is 14.3. The lowest BCUT2D eigenvalue weighted by atomic mass is 9.83. The van der Waals surface area contributed by atoms with Crippen LogP contribution in [0.4, 0.5) is 4.79 Å². The number of hydrogen-bond acceptors (Lipinski definition) is 11. The second-order valence-electron chi connectivity index (χ2n) is 15.9. The normalized spacial score (nSPS) is 16.9. The van der Waals surface area contributed by atoms with Gasteiger partial charge in [-0.05, 0) is 103 Å². The Morgan fingerprint density at radius 3 is 2.40 bits per heavy atom. The van der Waals surface area contributed by atoms with Crippen molar-refractivity contribution in [3.8, 4) is 5.75 Å². The highest BCUT2D eigenvalue weighted by Crippen LogP contribution is 2.37. The van der Waals surface area contributed by atoms with Gasteiger partial charge in [0, 0.05) is 24.5 Å². The summed E-state index contributed by atoms with van der Waals surface area (Å²) in [7, 11) is -2.29. The molecule has 15 heteroatoms. The molecule has 3 amide bonds. The molecule has 1 saturated carbocycles. The maximum atomic E-state index is 14.3. The number of nitrogens with one attached hydrogen (secondary N) is 1. The average Bonchev–Trinajstić information content (AvgIpc) is 3.87. The van der Waals surface area contributed by atoms with Crippen LogP contribution in [0.5, 0.6) is 5.75 Å². The largest absolute Gasteiger partial charge is 0.494 e. The molecule has 1 aliphatic carbocycles. The van der Waals surface area contributed by atoms with Crippen LogP contribution in [0, 0.1) is 12.8 Å². The molecule has 1 aliphatic heterocycles. The van der Waals surface area contributed by atoms with Gasteiger partial charge in [0.05, 0.1) is 24.2 Å². The zero-order valence-corrected chi connectivity index (χ0v) is 35.3. The number of likely N-dealkylation sites (N-methyl/N-ethyl adjacent to an activating group) is 1. The molecular formula is C42H56N4O9S2. The number of likely N-dealkylation sites (tertiary alicyclic amines) is 1. The van der Waals surface area contributed by atoms with Crippen LogP contribution in [0.3, 0.4) is 0 Å². The average molecular weight is 825 g/mol. The number of thiazole rings is 1. The number of ether oxygens (including phenoxy) is 2. The van der Waals surface area contributed by atoms with E-state index in [-0.39, 0.29) is 47.4 Å². The first kappa shape index (κ1) is 43.8. The van der Waals surface area contributed by atoms with E-state index in [1.807, 2.05) is 6.92 Å². The van der Waals surface area contributed by atoms with Crippen LogP contribution in [0.1, 0.15) is 118 Å². The van der Waals surface area contributed by atoms with Gasteiger partial charge in [-0.1, -0.05) is 49.1 Å². The van der Waals surface area contributed by atoms with Crippen LogP contribution in [-0.2, 0) is 28.6 Å². The highest BCUT2D eigenvalue weighted by molar-refractivity contribution is 7.86. The van der Waals surface area contributed by atoms with Gasteiger partial charge in [0.25, 0.3) is 10.1 Å². The van der Waals surface area contributed by atoms with Crippen LogP contribution in [0.25, 0.3) is 0 Å². The summed E-state index contributed by atoms with van der Waals surface area (Å²) in [5.74, 6) is -0.325. The minimum atomic E-state index is -3.79. The molecule has 57 heavy (non-hydrogen) atoms. The number of aromatic nitrogens is 1. The van der Waals surface area contributed by atoms with Crippen molar-refractivity contribution in [2.45, 2.75) is 114 Å². The molecule has 2 atom stereocenters. The van der Waals surface area contributed by atoms with Crippen molar-refractivity contribution in [1.29, 1.82) is 0 Å². The molecule has 1 saturated heterocycles. The predicted octanol–water partition coefficient (Wildman–Crippen LogP) is 7.23. The fourth-order valence-corrected chi connectivity index (χ4v) is 8.97. The number of nitrogens with zero attached hydrogens (tertiary/aromatic N) is 3. The van der Waals surface area contributed by atoms with Crippen molar-refractivity contribution < 1.29 is 41.3 Å².